The van der Waals surface area contributed by atoms with Gasteiger partial charge in [0, 0.05) is 0 Å². The second-order valence-corrected chi connectivity index (χ2v) is 3.41. The predicted octanol–water partition coefficient (Wildman–Crippen LogP) is 1.09. The van der Waals surface area contributed by atoms with Crippen molar-refractivity contribution >= 4 is 11.9 Å². The Morgan fingerprint density at radius 3 is 2.19 bits per heavy atom. The van der Waals surface area contributed by atoms with Crippen LogP contribution < -0.4 is 0 Å². The van der Waals surface area contributed by atoms with Crippen molar-refractivity contribution < 1.29 is 23.8 Å². The first-order valence-corrected chi connectivity index (χ1v) is 4.73. The average Bonchev–Trinajstić information content (AvgIpc) is 2.16. The summed E-state index contributed by atoms with van der Waals surface area (Å²) in [5, 5.41) is 0. The Balaban J connectivity index is 3.06. The van der Waals surface area contributed by atoms with E-state index in [4.69, 9.17) is 20.6 Å². The molecule has 1 aliphatic rings. The smallest absolute Gasteiger partial charge is 0.384 e. The first-order chi connectivity index (χ1) is 7.45. The maximum atomic E-state index is 11.6. The second-order valence-electron chi connectivity index (χ2n) is 3.41. The molecule has 1 saturated heterocycles. The molecule has 16 heavy (non-hydrogen) atoms. The van der Waals surface area contributed by atoms with Crippen LogP contribution in [0.1, 0.15) is 27.2 Å². The molecular weight excluding hydrogens is 212 g/mol. The van der Waals surface area contributed by atoms with Crippen LogP contribution in [0.15, 0.2) is 11.1 Å². The third-order valence-electron chi connectivity index (χ3n) is 2.05. The number of ether oxygens (including phenoxy) is 3. The fraction of sp³-hybridized carbons (Fsp3) is 0.455. The molecule has 5 nitrogen and oxygen atoms in total. The highest BCUT2D eigenvalue weighted by Crippen LogP contribution is 2.28. The van der Waals surface area contributed by atoms with Crippen molar-refractivity contribution in [2.45, 2.75) is 33.2 Å². The molecule has 0 unspecified atom stereocenters. The van der Waals surface area contributed by atoms with Crippen LogP contribution in [0, 0.1) is 12.5 Å². The molecule has 1 heterocycles. The topological polar surface area (TPSA) is 61.8 Å². The van der Waals surface area contributed by atoms with Crippen LogP contribution in [-0.4, -0.2) is 17.9 Å². The third kappa shape index (κ3) is 2.01. The summed E-state index contributed by atoms with van der Waals surface area (Å²) >= 11 is 0. The summed E-state index contributed by atoms with van der Waals surface area (Å²) in [6, 6.07) is 0. The standard InChI is InChI=1S/C11H12O5/c1-5-11(14-6-2)15-9(12)8(7(3)4)10(13)16-11/h2H,5H2,1,3-4H3. The van der Waals surface area contributed by atoms with Gasteiger partial charge in [-0.15, -0.1) is 0 Å². The first kappa shape index (κ1) is 12.1. The van der Waals surface area contributed by atoms with Crippen molar-refractivity contribution in [2.24, 2.45) is 0 Å². The molecule has 0 aromatic heterocycles. The summed E-state index contributed by atoms with van der Waals surface area (Å²) in [6.45, 7) is 4.84. The Morgan fingerprint density at radius 2 is 1.88 bits per heavy atom. The summed E-state index contributed by atoms with van der Waals surface area (Å²) in [4.78, 5) is 23.1. The fourth-order valence-electron chi connectivity index (χ4n) is 1.24. The molecule has 0 amide bonds. The van der Waals surface area contributed by atoms with Gasteiger partial charge in [-0.25, -0.2) is 9.59 Å². The zero-order valence-corrected chi connectivity index (χ0v) is 9.33. The van der Waals surface area contributed by atoms with E-state index in [2.05, 4.69) is 0 Å². The number of allylic oxidation sites excluding steroid dienone is 1. The van der Waals surface area contributed by atoms with E-state index in [0.29, 0.717) is 5.57 Å². The molecule has 0 aromatic rings. The van der Waals surface area contributed by atoms with Crippen LogP contribution in [0.5, 0.6) is 0 Å². The molecule has 1 fully saturated rings. The van der Waals surface area contributed by atoms with Crippen LogP contribution >= 0.6 is 0 Å². The van der Waals surface area contributed by atoms with E-state index in [0.717, 1.165) is 0 Å². The number of cyclic esters (lactones) is 2. The zero-order valence-electron chi connectivity index (χ0n) is 9.33. The van der Waals surface area contributed by atoms with Crippen LogP contribution in [0.2, 0.25) is 0 Å². The van der Waals surface area contributed by atoms with E-state index in [1.54, 1.807) is 20.8 Å². The van der Waals surface area contributed by atoms with Gasteiger partial charge in [-0.1, -0.05) is 18.9 Å². The molecule has 86 valence electrons. The molecule has 0 N–H and O–H groups in total. The minimum absolute atomic E-state index is 0.116. The molecule has 5 heteroatoms. The third-order valence-corrected chi connectivity index (χ3v) is 2.05. The van der Waals surface area contributed by atoms with Gasteiger partial charge in [-0.05, 0) is 13.8 Å². The number of rotatable bonds is 2. The lowest BCUT2D eigenvalue weighted by molar-refractivity contribution is -0.327. The molecule has 0 radical (unpaired) electrons. The van der Waals surface area contributed by atoms with E-state index in [1.165, 1.54) is 0 Å². The summed E-state index contributed by atoms with van der Waals surface area (Å²) < 4.78 is 14.5. The van der Waals surface area contributed by atoms with Crippen LogP contribution in [0.3, 0.4) is 0 Å². The Hall–Kier alpha value is -1.96. The molecule has 0 aromatic carbocycles. The first-order valence-electron chi connectivity index (χ1n) is 4.73. The number of carbonyl (C=O) groups excluding carboxylic acids is 2. The van der Waals surface area contributed by atoms with Gasteiger partial charge in [0.2, 0.25) is 0 Å². The quantitative estimate of drug-likeness (QED) is 0.304. The number of hydrogen-bond acceptors (Lipinski definition) is 5. The lowest BCUT2D eigenvalue weighted by Crippen LogP contribution is -2.47. The van der Waals surface area contributed by atoms with Gasteiger partial charge in [0.25, 0.3) is 0 Å². The normalized spacial score (nSPS) is 24.2. The summed E-state index contributed by atoms with van der Waals surface area (Å²) in [5.74, 6) is -3.36. The highest BCUT2D eigenvalue weighted by atomic mass is 16.9. The lowest BCUT2D eigenvalue weighted by Gasteiger charge is -2.32. The monoisotopic (exact) mass is 224 g/mol. The van der Waals surface area contributed by atoms with Gasteiger partial charge in [0.05, 0.1) is 6.42 Å². The Kier molecular flexibility index (Phi) is 3.23. The Labute approximate surface area is 93.4 Å². The van der Waals surface area contributed by atoms with Crippen molar-refractivity contribution in [3.8, 4) is 12.5 Å². The lowest BCUT2D eigenvalue weighted by atomic mass is 10.1. The van der Waals surface area contributed by atoms with Gasteiger partial charge >= 0.3 is 17.9 Å². The Bertz CT molecular complexity index is 375. The maximum absolute atomic E-state index is 11.6. The van der Waals surface area contributed by atoms with Gasteiger partial charge in [0.1, 0.15) is 11.7 Å². The number of hydrogen-bond donors (Lipinski definition) is 0. The molecular formula is C11H12O5. The van der Waals surface area contributed by atoms with Gasteiger partial charge in [-0.3, -0.25) is 0 Å². The van der Waals surface area contributed by atoms with E-state index >= 15 is 0 Å². The predicted molar refractivity (Wildman–Crippen MR) is 53.5 cm³/mol. The van der Waals surface area contributed by atoms with Crippen molar-refractivity contribution in [3.63, 3.8) is 0 Å². The molecule has 0 bridgehead atoms. The van der Waals surface area contributed by atoms with Gasteiger partial charge < -0.3 is 14.2 Å². The van der Waals surface area contributed by atoms with Crippen LogP contribution in [0.4, 0.5) is 0 Å². The highest BCUT2D eigenvalue weighted by molar-refractivity contribution is 6.15. The number of esters is 2. The van der Waals surface area contributed by atoms with Gasteiger partial charge in [-0.2, -0.15) is 0 Å². The summed E-state index contributed by atoms with van der Waals surface area (Å²) in [5.41, 5.74) is 0.394. The maximum Gasteiger partial charge on any atom is 0.429 e. The summed E-state index contributed by atoms with van der Waals surface area (Å²) in [6.07, 6.45) is 6.90. The molecule has 0 spiro atoms. The van der Waals surface area contributed by atoms with E-state index in [9.17, 15) is 9.59 Å². The summed E-state index contributed by atoms with van der Waals surface area (Å²) in [7, 11) is 0. The molecule has 0 aliphatic carbocycles. The van der Waals surface area contributed by atoms with Crippen molar-refractivity contribution in [1.82, 2.24) is 0 Å². The largest absolute Gasteiger partial charge is 0.429 e. The average molecular weight is 224 g/mol. The minimum atomic E-state index is -1.79. The number of carbonyl (C=O) groups is 2. The van der Waals surface area contributed by atoms with Crippen molar-refractivity contribution in [3.05, 3.63) is 11.1 Å². The fourth-order valence-corrected chi connectivity index (χ4v) is 1.24. The van der Waals surface area contributed by atoms with Crippen LogP contribution in [0.25, 0.3) is 0 Å². The highest BCUT2D eigenvalue weighted by Gasteiger charge is 2.47. The Morgan fingerprint density at radius 1 is 1.38 bits per heavy atom. The van der Waals surface area contributed by atoms with E-state index in [1.807, 2.05) is 6.11 Å². The van der Waals surface area contributed by atoms with Gasteiger partial charge in [0.15, 0.2) is 0 Å². The molecule has 0 saturated carbocycles. The molecule has 1 aliphatic heterocycles. The van der Waals surface area contributed by atoms with Crippen molar-refractivity contribution in [2.75, 3.05) is 0 Å². The second kappa shape index (κ2) is 4.27. The van der Waals surface area contributed by atoms with E-state index < -0.39 is 17.9 Å². The molecule has 1 rings (SSSR count). The van der Waals surface area contributed by atoms with E-state index in [-0.39, 0.29) is 12.0 Å². The SMILES string of the molecule is C#COC1(CC)OC(=O)C(=C(C)C)C(=O)O1. The zero-order chi connectivity index (χ0) is 12.3. The van der Waals surface area contributed by atoms with Crippen LogP contribution in [-0.2, 0) is 23.8 Å². The number of terminal acetylenes is 1. The van der Waals surface area contributed by atoms with Crippen molar-refractivity contribution in [1.29, 1.82) is 0 Å². The molecule has 0 atom stereocenters. The minimum Gasteiger partial charge on any atom is -0.384 e.